The van der Waals surface area contributed by atoms with Gasteiger partial charge in [0.05, 0.1) is 0 Å². The second-order valence-electron chi connectivity index (χ2n) is 4.30. The van der Waals surface area contributed by atoms with Crippen LogP contribution in [0.3, 0.4) is 0 Å². The first-order valence-corrected chi connectivity index (χ1v) is 5.85. The fourth-order valence-electron chi connectivity index (χ4n) is 1.68. The van der Waals surface area contributed by atoms with Gasteiger partial charge < -0.3 is 4.79 Å². The average molecular weight is 234 g/mol. The molecule has 0 aromatic heterocycles. The zero-order valence-electron chi connectivity index (χ0n) is 10.3. The third-order valence-electron chi connectivity index (χ3n) is 2.85. The van der Waals surface area contributed by atoms with Gasteiger partial charge in [0.25, 0.3) is 0 Å². The van der Waals surface area contributed by atoms with Crippen molar-refractivity contribution in [1.29, 1.82) is 0 Å². The monoisotopic (exact) mass is 234 g/mol. The Kier molecular flexibility index (Phi) is 3.60. The summed E-state index contributed by atoms with van der Waals surface area (Å²) in [6.45, 7) is 1.84. The van der Waals surface area contributed by atoms with Gasteiger partial charge in [0.1, 0.15) is 11.7 Å². The summed E-state index contributed by atoms with van der Waals surface area (Å²) in [4.78, 5) is 11.3. The fraction of sp³-hybridized carbons (Fsp3) is 0.118. The molecule has 0 N–H and O–H groups in total. The Morgan fingerprint density at radius 3 is 2.06 bits per heavy atom. The summed E-state index contributed by atoms with van der Waals surface area (Å²) in [6.07, 6.45) is 0.901. The minimum absolute atomic E-state index is 0.753. The molecule has 0 amide bonds. The van der Waals surface area contributed by atoms with Crippen molar-refractivity contribution in [2.75, 3.05) is 0 Å². The van der Waals surface area contributed by atoms with Gasteiger partial charge in [-0.1, -0.05) is 60.4 Å². The van der Waals surface area contributed by atoms with Gasteiger partial charge in [-0.3, -0.25) is 0 Å². The molecule has 0 heterocycles. The SMILES string of the molecule is CC(C#Cc1ccccc1)(C=O)c1ccccc1. The molecule has 1 heteroatoms. The van der Waals surface area contributed by atoms with E-state index in [1.807, 2.05) is 67.6 Å². The van der Waals surface area contributed by atoms with Gasteiger partial charge in [-0.25, -0.2) is 0 Å². The van der Waals surface area contributed by atoms with Crippen molar-refractivity contribution in [1.82, 2.24) is 0 Å². The lowest BCUT2D eigenvalue weighted by atomic mass is 9.84. The molecule has 1 unspecified atom stereocenters. The average Bonchev–Trinajstić information content (AvgIpc) is 2.47. The van der Waals surface area contributed by atoms with Crippen LogP contribution in [0.5, 0.6) is 0 Å². The highest BCUT2D eigenvalue weighted by Crippen LogP contribution is 2.20. The van der Waals surface area contributed by atoms with Gasteiger partial charge in [0.2, 0.25) is 0 Å². The van der Waals surface area contributed by atoms with Crippen LogP contribution in [0, 0.1) is 11.8 Å². The van der Waals surface area contributed by atoms with Crippen molar-refractivity contribution in [2.24, 2.45) is 0 Å². The van der Waals surface area contributed by atoms with Gasteiger partial charge in [-0.2, -0.15) is 0 Å². The Hall–Kier alpha value is -2.33. The lowest BCUT2D eigenvalue weighted by Crippen LogP contribution is -2.21. The number of rotatable bonds is 2. The van der Waals surface area contributed by atoms with Gasteiger partial charge in [-0.05, 0) is 24.6 Å². The topological polar surface area (TPSA) is 17.1 Å². The molecular weight excluding hydrogens is 220 g/mol. The molecule has 2 aromatic rings. The van der Waals surface area contributed by atoms with E-state index in [-0.39, 0.29) is 0 Å². The Labute approximate surface area is 107 Å². The molecule has 88 valence electrons. The number of hydrogen-bond acceptors (Lipinski definition) is 1. The molecular formula is C17H14O. The van der Waals surface area contributed by atoms with E-state index in [1.165, 1.54) is 0 Å². The smallest absolute Gasteiger partial charge is 0.142 e. The first-order valence-electron chi connectivity index (χ1n) is 5.85. The molecule has 0 fully saturated rings. The highest BCUT2D eigenvalue weighted by Gasteiger charge is 2.22. The first-order chi connectivity index (χ1) is 8.74. The number of benzene rings is 2. The van der Waals surface area contributed by atoms with Crippen LogP contribution < -0.4 is 0 Å². The van der Waals surface area contributed by atoms with Crippen LogP contribution in [0.25, 0.3) is 0 Å². The van der Waals surface area contributed by atoms with Crippen LogP contribution in [0.4, 0.5) is 0 Å². The molecule has 1 atom stereocenters. The highest BCUT2D eigenvalue weighted by molar-refractivity contribution is 5.74. The van der Waals surface area contributed by atoms with Crippen LogP contribution in [0.2, 0.25) is 0 Å². The van der Waals surface area contributed by atoms with Gasteiger partial charge in [0.15, 0.2) is 0 Å². The van der Waals surface area contributed by atoms with Crippen molar-refractivity contribution >= 4 is 6.29 Å². The predicted molar refractivity (Wildman–Crippen MR) is 73.2 cm³/mol. The van der Waals surface area contributed by atoms with Crippen LogP contribution in [0.1, 0.15) is 18.1 Å². The van der Waals surface area contributed by atoms with Crippen LogP contribution in [-0.2, 0) is 10.2 Å². The Morgan fingerprint density at radius 1 is 0.944 bits per heavy atom. The molecule has 0 saturated carbocycles. The summed E-state index contributed by atoms with van der Waals surface area (Å²) < 4.78 is 0. The molecule has 2 aromatic carbocycles. The van der Waals surface area contributed by atoms with E-state index >= 15 is 0 Å². The second kappa shape index (κ2) is 5.33. The summed E-state index contributed by atoms with van der Waals surface area (Å²) in [7, 11) is 0. The quantitative estimate of drug-likeness (QED) is 0.576. The molecule has 0 saturated heterocycles. The van der Waals surface area contributed by atoms with E-state index in [1.54, 1.807) is 0 Å². The minimum Gasteiger partial charge on any atom is -0.301 e. The van der Waals surface area contributed by atoms with Crippen molar-refractivity contribution in [3.8, 4) is 11.8 Å². The highest BCUT2D eigenvalue weighted by atomic mass is 16.1. The molecule has 0 aliphatic carbocycles. The van der Waals surface area contributed by atoms with Gasteiger partial charge in [-0.15, -0.1) is 0 Å². The maximum absolute atomic E-state index is 11.3. The third kappa shape index (κ3) is 2.67. The van der Waals surface area contributed by atoms with Crippen LogP contribution in [0.15, 0.2) is 60.7 Å². The van der Waals surface area contributed by atoms with E-state index in [0.717, 1.165) is 17.4 Å². The third-order valence-corrected chi connectivity index (χ3v) is 2.85. The first kappa shape index (κ1) is 12.1. The second-order valence-corrected chi connectivity index (χ2v) is 4.30. The summed E-state index contributed by atoms with van der Waals surface area (Å²) >= 11 is 0. The van der Waals surface area contributed by atoms with E-state index in [2.05, 4.69) is 11.8 Å². The summed E-state index contributed by atoms with van der Waals surface area (Å²) in [6, 6.07) is 19.3. The molecule has 0 bridgehead atoms. The molecule has 0 spiro atoms. The van der Waals surface area contributed by atoms with E-state index in [4.69, 9.17) is 0 Å². The largest absolute Gasteiger partial charge is 0.301 e. The number of carbonyl (C=O) groups is 1. The zero-order chi connectivity index (χ0) is 12.8. The Morgan fingerprint density at radius 2 is 1.50 bits per heavy atom. The normalized spacial score (nSPS) is 12.9. The van der Waals surface area contributed by atoms with E-state index in [0.29, 0.717) is 0 Å². The Bertz CT molecular complexity index is 575. The van der Waals surface area contributed by atoms with E-state index in [9.17, 15) is 4.79 Å². The molecule has 2 rings (SSSR count). The van der Waals surface area contributed by atoms with Crippen LogP contribution >= 0.6 is 0 Å². The molecule has 18 heavy (non-hydrogen) atoms. The summed E-state index contributed by atoms with van der Waals surface area (Å²) in [5.74, 6) is 6.11. The number of hydrogen-bond donors (Lipinski definition) is 0. The number of carbonyl (C=O) groups excluding carboxylic acids is 1. The standard InChI is InChI=1S/C17H14O/c1-17(14-18,16-10-6-3-7-11-16)13-12-15-8-4-2-5-9-15/h2-11,14H,1H3. The van der Waals surface area contributed by atoms with Crippen molar-refractivity contribution in [3.05, 3.63) is 71.8 Å². The van der Waals surface area contributed by atoms with Gasteiger partial charge in [0, 0.05) is 5.56 Å². The number of aldehydes is 1. The predicted octanol–water partition coefficient (Wildman–Crippen LogP) is 3.19. The molecule has 0 radical (unpaired) electrons. The van der Waals surface area contributed by atoms with Crippen molar-refractivity contribution in [3.63, 3.8) is 0 Å². The maximum Gasteiger partial charge on any atom is 0.142 e. The molecule has 1 nitrogen and oxygen atoms in total. The van der Waals surface area contributed by atoms with Crippen LogP contribution in [-0.4, -0.2) is 6.29 Å². The summed E-state index contributed by atoms with van der Waals surface area (Å²) in [5.41, 5.74) is 1.09. The minimum atomic E-state index is -0.753. The summed E-state index contributed by atoms with van der Waals surface area (Å²) in [5, 5.41) is 0. The Balaban J connectivity index is 2.36. The molecule has 0 aliphatic rings. The molecule has 0 aliphatic heterocycles. The van der Waals surface area contributed by atoms with E-state index < -0.39 is 5.41 Å². The zero-order valence-corrected chi connectivity index (χ0v) is 10.3. The van der Waals surface area contributed by atoms with Gasteiger partial charge >= 0.3 is 0 Å². The fourth-order valence-corrected chi connectivity index (χ4v) is 1.68. The lowest BCUT2D eigenvalue weighted by molar-refractivity contribution is -0.110. The van der Waals surface area contributed by atoms with Crippen molar-refractivity contribution < 1.29 is 4.79 Å². The lowest BCUT2D eigenvalue weighted by Gasteiger charge is -2.16. The maximum atomic E-state index is 11.3. The van der Waals surface area contributed by atoms with Crippen molar-refractivity contribution in [2.45, 2.75) is 12.3 Å².